The molecular formula is C11H14Br2O. The molecule has 14 heavy (non-hydrogen) atoms. The van der Waals surface area contributed by atoms with Crippen LogP contribution in [-0.4, -0.2) is 11.9 Å². The number of hydrogen-bond donors (Lipinski definition) is 0. The Hall–Kier alpha value is -0.0200. The van der Waals surface area contributed by atoms with Crippen LogP contribution >= 0.6 is 31.9 Å². The van der Waals surface area contributed by atoms with Gasteiger partial charge >= 0.3 is 0 Å². The van der Waals surface area contributed by atoms with Gasteiger partial charge < -0.3 is 4.74 Å². The smallest absolute Gasteiger partial charge is 0.120 e. The molecule has 0 heterocycles. The number of alkyl halides is 1. The standard InChI is InChI=1S/C11H14Br2O/c1-2-14-11-7-9(4-3-5-12)6-10(13)8-11/h6-8H,2-5H2,1H3. The number of ether oxygens (including phenoxy) is 1. The summed E-state index contributed by atoms with van der Waals surface area (Å²) in [5.74, 6) is 0.950. The highest BCUT2D eigenvalue weighted by Crippen LogP contribution is 2.22. The molecule has 0 bridgehead atoms. The first-order chi connectivity index (χ1) is 6.76. The highest BCUT2D eigenvalue weighted by atomic mass is 79.9. The van der Waals surface area contributed by atoms with E-state index in [1.54, 1.807) is 0 Å². The molecule has 0 saturated heterocycles. The van der Waals surface area contributed by atoms with Crippen LogP contribution in [0.25, 0.3) is 0 Å². The van der Waals surface area contributed by atoms with Crippen molar-refractivity contribution in [3.05, 3.63) is 28.2 Å². The topological polar surface area (TPSA) is 9.23 Å². The maximum absolute atomic E-state index is 5.47. The van der Waals surface area contributed by atoms with Crippen molar-refractivity contribution < 1.29 is 4.74 Å². The molecule has 0 aliphatic heterocycles. The van der Waals surface area contributed by atoms with Crippen LogP contribution in [0.15, 0.2) is 22.7 Å². The molecule has 1 rings (SSSR count). The van der Waals surface area contributed by atoms with Gasteiger partial charge in [-0.15, -0.1) is 0 Å². The molecule has 1 aromatic carbocycles. The first-order valence-electron chi connectivity index (χ1n) is 4.74. The Bertz CT molecular complexity index is 287. The van der Waals surface area contributed by atoms with Crippen molar-refractivity contribution in [3.8, 4) is 5.75 Å². The van der Waals surface area contributed by atoms with E-state index in [0.29, 0.717) is 6.61 Å². The van der Waals surface area contributed by atoms with Crippen molar-refractivity contribution in [3.63, 3.8) is 0 Å². The second-order valence-electron chi connectivity index (χ2n) is 3.02. The van der Waals surface area contributed by atoms with Gasteiger partial charge in [0.2, 0.25) is 0 Å². The normalized spacial score (nSPS) is 10.2. The lowest BCUT2D eigenvalue weighted by Crippen LogP contribution is -1.93. The molecule has 3 heteroatoms. The van der Waals surface area contributed by atoms with Gasteiger partial charge in [-0.3, -0.25) is 0 Å². The minimum absolute atomic E-state index is 0.717. The average molecular weight is 322 g/mol. The van der Waals surface area contributed by atoms with Crippen molar-refractivity contribution in [2.45, 2.75) is 19.8 Å². The summed E-state index contributed by atoms with van der Waals surface area (Å²) in [6.07, 6.45) is 2.24. The highest BCUT2D eigenvalue weighted by Gasteiger charge is 1.99. The number of halogens is 2. The molecule has 0 aliphatic rings. The Morgan fingerprint density at radius 3 is 2.71 bits per heavy atom. The third kappa shape index (κ3) is 4.01. The molecule has 0 N–H and O–H groups in total. The van der Waals surface area contributed by atoms with E-state index in [1.807, 2.05) is 13.0 Å². The first-order valence-corrected chi connectivity index (χ1v) is 6.66. The number of rotatable bonds is 5. The van der Waals surface area contributed by atoms with E-state index in [9.17, 15) is 0 Å². The summed E-state index contributed by atoms with van der Waals surface area (Å²) in [6.45, 7) is 2.72. The molecule has 0 radical (unpaired) electrons. The van der Waals surface area contributed by atoms with Crippen LogP contribution in [0.1, 0.15) is 18.9 Å². The van der Waals surface area contributed by atoms with Gasteiger partial charge in [0.1, 0.15) is 5.75 Å². The van der Waals surface area contributed by atoms with Crippen molar-refractivity contribution in [2.24, 2.45) is 0 Å². The summed E-state index contributed by atoms with van der Waals surface area (Å²) in [7, 11) is 0. The fraction of sp³-hybridized carbons (Fsp3) is 0.455. The Morgan fingerprint density at radius 2 is 2.07 bits per heavy atom. The largest absolute Gasteiger partial charge is 0.494 e. The molecule has 0 aromatic heterocycles. The second kappa shape index (κ2) is 6.46. The average Bonchev–Trinajstić information content (AvgIpc) is 2.14. The van der Waals surface area contributed by atoms with Crippen LogP contribution in [0.3, 0.4) is 0 Å². The Kier molecular flexibility index (Phi) is 5.56. The zero-order chi connectivity index (χ0) is 10.4. The van der Waals surface area contributed by atoms with Crippen LogP contribution in [0.5, 0.6) is 5.75 Å². The quantitative estimate of drug-likeness (QED) is 0.739. The Labute approximate surface area is 102 Å². The monoisotopic (exact) mass is 320 g/mol. The fourth-order valence-electron chi connectivity index (χ4n) is 1.29. The molecule has 0 spiro atoms. The minimum Gasteiger partial charge on any atom is -0.494 e. The lowest BCUT2D eigenvalue weighted by molar-refractivity contribution is 0.339. The van der Waals surface area contributed by atoms with Gasteiger partial charge in [-0.1, -0.05) is 31.9 Å². The van der Waals surface area contributed by atoms with E-state index in [0.717, 1.165) is 28.4 Å². The van der Waals surface area contributed by atoms with Crippen LogP contribution in [0.4, 0.5) is 0 Å². The predicted octanol–water partition coefficient (Wildman–Crippen LogP) is 4.18. The van der Waals surface area contributed by atoms with Crippen molar-refractivity contribution in [2.75, 3.05) is 11.9 Å². The first kappa shape index (κ1) is 12.1. The molecule has 1 aromatic rings. The van der Waals surface area contributed by atoms with Crippen LogP contribution in [0.2, 0.25) is 0 Å². The Morgan fingerprint density at radius 1 is 1.29 bits per heavy atom. The Balaban J connectivity index is 2.73. The van der Waals surface area contributed by atoms with Gasteiger partial charge in [0.25, 0.3) is 0 Å². The number of aryl methyl sites for hydroxylation is 1. The maximum atomic E-state index is 5.47. The lowest BCUT2D eigenvalue weighted by atomic mass is 10.1. The molecule has 0 amide bonds. The van der Waals surface area contributed by atoms with Crippen molar-refractivity contribution >= 4 is 31.9 Å². The van der Waals surface area contributed by atoms with Gasteiger partial charge in [0.05, 0.1) is 6.61 Å². The molecular weight excluding hydrogens is 308 g/mol. The zero-order valence-corrected chi connectivity index (χ0v) is 11.4. The lowest BCUT2D eigenvalue weighted by Gasteiger charge is -2.06. The van der Waals surface area contributed by atoms with E-state index < -0.39 is 0 Å². The molecule has 0 atom stereocenters. The summed E-state index contributed by atoms with van der Waals surface area (Å²) in [5.41, 5.74) is 1.32. The van der Waals surface area contributed by atoms with Crippen molar-refractivity contribution in [1.29, 1.82) is 0 Å². The van der Waals surface area contributed by atoms with Crippen LogP contribution in [-0.2, 0) is 6.42 Å². The summed E-state index contributed by atoms with van der Waals surface area (Å²) >= 11 is 6.91. The molecule has 0 fully saturated rings. The van der Waals surface area contributed by atoms with Gasteiger partial charge in [0.15, 0.2) is 0 Å². The highest BCUT2D eigenvalue weighted by molar-refractivity contribution is 9.10. The summed E-state index contributed by atoms with van der Waals surface area (Å²) in [5, 5.41) is 1.05. The number of benzene rings is 1. The molecule has 0 saturated carbocycles. The van der Waals surface area contributed by atoms with Gasteiger partial charge in [-0.2, -0.15) is 0 Å². The van der Waals surface area contributed by atoms with E-state index in [1.165, 1.54) is 5.56 Å². The zero-order valence-electron chi connectivity index (χ0n) is 8.22. The van der Waals surface area contributed by atoms with Gasteiger partial charge in [0, 0.05) is 9.80 Å². The predicted molar refractivity (Wildman–Crippen MR) is 67.4 cm³/mol. The molecule has 0 unspecified atom stereocenters. The van der Waals surface area contributed by atoms with Gasteiger partial charge in [-0.25, -0.2) is 0 Å². The number of hydrogen-bond acceptors (Lipinski definition) is 1. The van der Waals surface area contributed by atoms with E-state index in [2.05, 4.69) is 44.0 Å². The molecule has 1 nitrogen and oxygen atoms in total. The van der Waals surface area contributed by atoms with Crippen LogP contribution in [0, 0.1) is 0 Å². The summed E-state index contributed by atoms with van der Waals surface area (Å²) in [4.78, 5) is 0. The van der Waals surface area contributed by atoms with E-state index in [4.69, 9.17) is 4.74 Å². The summed E-state index contributed by atoms with van der Waals surface area (Å²) < 4.78 is 6.56. The van der Waals surface area contributed by atoms with E-state index >= 15 is 0 Å². The minimum atomic E-state index is 0.717. The maximum Gasteiger partial charge on any atom is 0.120 e. The fourth-order valence-corrected chi connectivity index (χ4v) is 2.09. The molecule has 78 valence electrons. The third-order valence-electron chi connectivity index (χ3n) is 1.84. The molecule has 0 aliphatic carbocycles. The summed E-state index contributed by atoms with van der Waals surface area (Å²) in [6, 6.07) is 6.25. The van der Waals surface area contributed by atoms with Gasteiger partial charge in [-0.05, 0) is 43.5 Å². The second-order valence-corrected chi connectivity index (χ2v) is 4.73. The van der Waals surface area contributed by atoms with Crippen molar-refractivity contribution in [1.82, 2.24) is 0 Å². The van der Waals surface area contributed by atoms with E-state index in [-0.39, 0.29) is 0 Å². The SMILES string of the molecule is CCOc1cc(Br)cc(CCCBr)c1. The third-order valence-corrected chi connectivity index (χ3v) is 2.86. The van der Waals surface area contributed by atoms with Crippen LogP contribution < -0.4 is 4.74 Å².